The molecule has 1 aliphatic rings. The fraction of sp³-hybridized carbons (Fsp3) is 0.600. The zero-order valence-electron chi connectivity index (χ0n) is 12.2. The highest BCUT2D eigenvalue weighted by molar-refractivity contribution is 7.89. The third-order valence-corrected chi connectivity index (χ3v) is 6.23. The maximum Gasteiger partial charge on any atom is 0.243 e. The number of hydrogen-bond donors (Lipinski definition) is 0. The van der Waals surface area contributed by atoms with Crippen molar-refractivity contribution in [3.8, 4) is 0 Å². The van der Waals surface area contributed by atoms with Crippen LogP contribution in [0.2, 0.25) is 0 Å². The van der Waals surface area contributed by atoms with E-state index in [4.69, 9.17) is 0 Å². The minimum absolute atomic E-state index is 0.110. The molecule has 3 nitrogen and oxygen atoms in total. The predicted molar refractivity (Wildman–Crippen MR) is 77.9 cm³/mol. The molecule has 0 amide bonds. The molecule has 0 saturated carbocycles. The largest absolute Gasteiger partial charge is 0.243 e. The molecule has 1 saturated heterocycles. The summed E-state index contributed by atoms with van der Waals surface area (Å²) in [6, 6.07) is 4.02. The van der Waals surface area contributed by atoms with Crippen molar-refractivity contribution in [1.82, 2.24) is 4.31 Å². The summed E-state index contributed by atoms with van der Waals surface area (Å²) < 4.78 is 27.4. The van der Waals surface area contributed by atoms with E-state index in [-0.39, 0.29) is 6.04 Å². The molecule has 1 heterocycles. The van der Waals surface area contributed by atoms with Crippen LogP contribution in [0.15, 0.2) is 17.0 Å². The fourth-order valence-corrected chi connectivity index (χ4v) is 5.23. The summed E-state index contributed by atoms with van der Waals surface area (Å²) in [5, 5.41) is 0. The van der Waals surface area contributed by atoms with Gasteiger partial charge in [0.05, 0.1) is 4.90 Å². The van der Waals surface area contributed by atoms with Gasteiger partial charge >= 0.3 is 0 Å². The standard InChI is InChI=1S/C15H23NO2S/c1-11-9-12(2)15(13(3)10-11)19(17,18)16-8-6-5-7-14(16)4/h9-10,14H,5-8H2,1-4H3/t14-/m1/s1. The van der Waals surface area contributed by atoms with Crippen molar-refractivity contribution in [3.63, 3.8) is 0 Å². The normalized spacial score (nSPS) is 21.6. The molecular weight excluding hydrogens is 258 g/mol. The van der Waals surface area contributed by atoms with Crippen molar-refractivity contribution in [2.75, 3.05) is 6.54 Å². The number of rotatable bonds is 2. The van der Waals surface area contributed by atoms with Crippen molar-refractivity contribution in [2.24, 2.45) is 0 Å². The molecule has 1 atom stereocenters. The Labute approximate surface area is 116 Å². The lowest BCUT2D eigenvalue weighted by Gasteiger charge is -2.33. The van der Waals surface area contributed by atoms with Gasteiger partial charge in [-0.25, -0.2) is 8.42 Å². The smallest absolute Gasteiger partial charge is 0.207 e. The summed E-state index contributed by atoms with van der Waals surface area (Å²) in [4.78, 5) is 0.506. The second-order valence-corrected chi connectivity index (χ2v) is 7.52. The molecule has 1 aliphatic heterocycles. The van der Waals surface area contributed by atoms with E-state index in [1.54, 1.807) is 4.31 Å². The van der Waals surface area contributed by atoms with Crippen molar-refractivity contribution in [1.29, 1.82) is 0 Å². The molecule has 106 valence electrons. The first kappa shape index (κ1) is 14.5. The minimum Gasteiger partial charge on any atom is -0.207 e. The van der Waals surface area contributed by atoms with Gasteiger partial charge in [0, 0.05) is 12.6 Å². The van der Waals surface area contributed by atoms with Crippen LogP contribution in [-0.4, -0.2) is 25.3 Å². The predicted octanol–water partition coefficient (Wildman–Crippen LogP) is 3.17. The third kappa shape index (κ3) is 2.70. The summed E-state index contributed by atoms with van der Waals surface area (Å²) in [7, 11) is -3.36. The second kappa shape index (κ2) is 5.25. The van der Waals surface area contributed by atoms with Gasteiger partial charge in [0.1, 0.15) is 0 Å². The van der Waals surface area contributed by atoms with Crippen LogP contribution in [-0.2, 0) is 10.0 Å². The summed E-state index contributed by atoms with van der Waals surface area (Å²) in [6.45, 7) is 8.44. The highest BCUT2D eigenvalue weighted by atomic mass is 32.2. The summed E-state index contributed by atoms with van der Waals surface area (Å²) in [6.07, 6.45) is 3.05. The van der Waals surface area contributed by atoms with E-state index < -0.39 is 10.0 Å². The van der Waals surface area contributed by atoms with Gasteiger partial charge < -0.3 is 0 Å². The van der Waals surface area contributed by atoms with Gasteiger partial charge in [-0.05, 0) is 51.7 Å². The van der Waals surface area contributed by atoms with Gasteiger partial charge in [0.25, 0.3) is 0 Å². The van der Waals surface area contributed by atoms with E-state index in [0.29, 0.717) is 11.4 Å². The van der Waals surface area contributed by atoms with Gasteiger partial charge in [-0.3, -0.25) is 0 Å². The maximum atomic E-state index is 12.9. The SMILES string of the molecule is Cc1cc(C)c(S(=O)(=O)N2CCCC[C@H]2C)c(C)c1. The molecule has 0 bridgehead atoms. The van der Waals surface area contributed by atoms with E-state index in [2.05, 4.69) is 0 Å². The Hall–Kier alpha value is -0.870. The van der Waals surface area contributed by atoms with Gasteiger partial charge in [-0.2, -0.15) is 4.31 Å². The molecule has 4 heteroatoms. The summed E-state index contributed by atoms with van der Waals surface area (Å²) in [5.41, 5.74) is 2.83. The number of sulfonamides is 1. The first-order valence-corrected chi connectivity index (χ1v) is 8.37. The van der Waals surface area contributed by atoms with E-state index in [1.165, 1.54) is 0 Å². The average Bonchev–Trinajstić information content (AvgIpc) is 2.27. The Morgan fingerprint density at radius 1 is 1.11 bits per heavy atom. The lowest BCUT2D eigenvalue weighted by Crippen LogP contribution is -2.42. The minimum atomic E-state index is -3.36. The zero-order chi connectivity index (χ0) is 14.2. The van der Waals surface area contributed by atoms with Gasteiger partial charge in [0.2, 0.25) is 10.0 Å². The molecular formula is C15H23NO2S. The topological polar surface area (TPSA) is 37.4 Å². The average molecular weight is 281 g/mol. The third-order valence-electron chi connectivity index (χ3n) is 3.91. The van der Waals surface area contributed by atoms with Crippen LogP contribution >= 0.6 is 0 Å². The highest BCUT2D eigenvalue weighted by Gasteiger charge is 2.32. The van der Waals surface area contributed by atoms with Crippen molar-refractivity contribution in [3.05, 3.63) is 28.8 Å². The molecule has 0 N–H and O–H groups in total. The van der Waals surface area contributed by atoms with E-state index >= 15 is 0 Å². The first-order chi connectivity index (χ1) is 8.84. The van der Waals surface area contributed by atoms with Crippen LogP contribution in [0.25, 0.3) is 0 Å². The maximum absolute atomic E-state index is 12.9. The number of hydrogen-bond acceptors (Lipinski definition) is 2. The molecule has 1 aromatic rings. The van der Waals surface area contributed by atoms with Crippen LogP contribution in [0.5, 0.6) is 0 Å². The molecule has 0 radical (unpaired) electrons. The second-order valence-electron chi connectivity index (χ2n) is 5.69. The molecule has 0 aromatic heterocycles. The van der Waals surface area contributed by atoms with Gasteiger partial charge in [-0.15, -0.1) is 0 Å². The number of nitrogens with zero attached hydrogens (tertiary/aromatic N) is 1. The van der Waals surface area contributed by atoms with Gasteiger partial charge in [-0.1, -0.05) is 24.1 Å². The molecule has 0 spiro atoms. The molecule has 1 fully saturated rings. The van der Waals surface area contributed by atoms with Crippen LogP contribution in [0.3, 0.4) is 0 Å². The number of benzene rings is 1. The Balaban J connectivity index is 2.50. The van der Waals surface area contributed by atoms with Crippen LogP contribution in [0.1, 0.15) is 42.9 Å². The lowest BCUT2D eigenvalue weighted by molar-refractivity contribution is 0.268. The number of piperidine rings is 1. The molecule has 2 rings (SSSR count). The van der Waals surface area contributed by atoms with Gasteiger partial charge in [0.15, 0.2) is 0 Å². The summed E-state index contributed by atoms with van der Waals surface area (Å²) >= 11 is 0. The van der Waals surface area contributed by atoms with Crippen molar-refractivity contribution >= 4 is 10.0 Å². The Morgan fingerprint density at radius 3 is 2.21 bits per heavy atom. The zero-order valence-corrected chi connectivity index (χ0v) is 13.0. The Morgan fingerprint density at radius 2 is 1.68 bits per heavy atom. The molecule has 1 aromatic carbocycles. The van der Waals surface area contributed by atoms with Crippen molar-refractivity contribution in [2.45, 2.75) is 57.9 Å². The Kier molecular flexibility index (Phi) is 4.02. The van der Waals surface area contributed by atoms with E-state index in [1.807, 2.05) is 39.8 Å². The summed E-state index contributed by atoms with van der Waals surface area (Å²) in [5.74, 6) is 0. The van der Waals surface area contributed by atoms with E-state index in [0.717, 1.165) is 36.0 Å². The molecule has 19 heavy (non-hydrogen) atoms. The fourth-order valence-electron chi connectivity index (χ4n) is 3.12. The highest BCUT2D eigenvalue weighted by Crippen LogP contribution is 2.29. The van der Waals surface area contributed by atoms with Crippen molar-refractivity contribution < 1.29 is 8.42 Å². The number of aryl methyl sites for hydroxylation is 3. The molecule has 0 aliphatic carbocycles. The lowest BCUT2D eigenvalue weighted by atomic mass is 10.1. The Bertz CT molecular complexity index is 555. The van der Waals surface area contributed by atoms with Crippen LogP contribution in [0.4, 0.5) is 0 Å². The van der Waals surface area contributed by atoms with Crippen LogP contribution in [0, 0.1) is 20.8 Å². The monoisotopic (exact) mass is 281 g/mol. The van der Waals surface area contributed by atoms with E-state index in [9.17, 15) is 8.42 Å². The first-order valence-electron chi connectivity index (χ1n) is 6.93. The quantitative estimate of drug-likeness (QED) is 0.835. The molecule has 0 unspecified atom stereocenters. The van der Waals surface area contributed by atoms with Crippen LogP contribution < -0.4 is 0 Å².